The van der Waals surface area contributed by atoms with Crippen molar-refractivity contribution in [2.24, 2.45) is 0 Å². The zero-order valence-electron chi connectivity index (χ0n) is 16.5. The average Bonchev–Trinajstić information content (AvgIpc) is 3.02. The summed E-state index contributed by atoms with van der Waals surface area (Å²) in [6, 6.07) is 19.3. The number of amides is 2. The van der Waals surface area contributed by atoms with Crippen LogP contribution in [0.3, 0.4) is 0 Å². The molecule has 3 aromatic rings. The number of aryl methyl sites for hydroxylation is 1. The lowest BCUT2D eigenvalue weighted by Gasteiger charge is -2.21. The smallest absolute Gasteiger partial charge is 0.341 e. The molecule has 6 heteroatoms. The molecule has 150 valence electrons. The molecule has 0 aliphatic carbocycles. The third-order valence-corrected chi connectivity index (χ3v) is 4.88. The standard InChI is InChI=1S/C24H19NO5/c1-15-12-19(24(28)29-2)21(30-14-16-8-4-3-5-9-16)20(13-15)25-22(26)17-10-6-7-11-18(17)23(25)27/h3-13H,14H2,1-2H3. The summed E-state index contributed by atoms with van der Waals surface area (Å²) in [6.07, 6.45) is 0. The number of nitrogens with zero attached hydrogens (tertiary/aromatic N) is 1. The van der Waals surface area contributed by atoms with Crippen molar-refractivity contribution in [3.63, 3.8) is 0 Å². The number of anilines is 1. The lowest BCUT2D eigenvalue weighted by atomic mass is 10.1. The number of imide groups is 1. The fourth-order valence-corrected chi connectivity index (χ4v) is 3.47. The van der Waals surface area contributed by atoms with Gasteiger partial charge >= 0.3 is 5.97 Å². The first-order chi connectivity index (χ1) is 14.5. The molecular weight excluding hydrogens is 382 g/mol. The van der Waals surface area contributed by atoms with E-state index in [2.05, 4.69) is 0 Å². The lowest BCUT2D eigenvalue weighted by molar-refractivity contribution is 0.0594. The maximum atomic E-state index is 13.0. The van der Waals surface area contributed by atoms with Crippen LogP contribution in [0.5, 0.6) is 5.75 Å². The first-order valence-electron chi connectivity index (χ1n) is 9.38. The Labute approximate surface area is 173 Å². The Balaban J connectivity index is 1.83. The van der Waals surface area contributed by atoms with Crippen LogP contribution in [-0.4, -0.2) is 24.9 Å². The number of esters is 1. The summed E-state index contributed by atoms with van der Waals surface area (Å²) in [4.78, 5) is 39.6. The van der Waals surface area contributed by atoms with Crippen molar-refractivity contribution in [2.45, 2.75) is 13.5 Å². The predicted molar refractivity (Wildman–Crippen MR) is 111 cm³/mol. The van der Waals surface area contributed by atoms with E-state index >= 15 is 0 Å². The van der Waals surface area contributed by atoms with E-state index in [-0.39, 0.29) is 23.6 Å². The molecule has 2 amide bonds. The van der Waals surface area contributed by atoms with Crippen molar-refractivity contribution >= 4 is 23.5 Å². The second kappa shape index (κ2) is 7.83. The molecule has 6 nitrogen and oxygen atoms in total. The minimum absolute atomic E-state index is 0.130. The Morgan fingerprint density at radius 3 is 2.10 bits per heavy atom. The minimum atomic E-state index is -0.611. The number of carbonyl (C=O) groups is 3. The Morgan fingerprint density at radius 2 is 1.50 bits per heavy atom. The van der Waals surface area contributed by atoms with Gasteiger partial charge in [0.15, 0.2) is 5.75 Å². The molecule has 0 bridgehead atoms. The van der Waals surface area contributed by atoms with E-state index in [1.807, 2.05) is 30.3 Å². The van der Waals surface area contributed by atoms with Crippen LogP contribution in [0.2, 0.25) is 0 Å². The largest absolute Gasteiger partial charge is 0.486 e. The Hall–Kier alpha value is -3.93. The van der Waals surface area contributed by atoms with E-state index in [0.29, 0.717) is 16.7 Å². The van der Waals surface area contributed by atoms with Gasteiger partial charge in [0.1, 0.15) is 12.2 Å². The first-order valence-corrected chi connectivity index (χ1v) is 9.38. The van der Waals surface area contributed by atoms with Gasteiger partial charge in [-0.05, 0) is 42.3 Å². The minimum Gasteiger partial charge on any atom is -0.486 e. The molecule has 30 heavy (non-hydrogen) atoms. The van der Waals surface area contributed by atoms with Gasteiger partial charge in [-0.3, -0.25) is 9.59 Å². The van der Waals surface area contributed by atoms with Gasteiger partial charge in [-0.1, -0.05) is 42.5 Å². The van der Waals surface area contributed by atoms with Gasteiger partial charge in [0.25, 0.3) is 11.8 Å². The fraction of sp³-hybridized carbons (Fsp3) is 0.125. The summed E-state index contributed by atoms with van der Waals surface area (Å²) in [6.45, 7) is 1.93. The number of ether oxygens (including phenoxy) is 2. The summed E-state index contributed by atoms with van der Waals surface area (Å²) >= 11 is 0. The lowest BCUT2D eigenvalue weighted by Crippen LogP contribution is -2.30. The molecular formula is C24H19NO5. The molecule has 4 rings (SSSR count). The second-order valence-electron chi connectivity index (χ2n) is 6.92. The summed E-state index contributed by atoms with van der Waals surface area (Å²) in [7, 11) is 1.27. The number of methoxy groups -OCH3 is 1. The Morgan fingerprint density at radius 1 is 0.900 bits per heavy atom. The maximum absolute atomic E-state index is 13.0. The summed E-state index contributed by atoms with van der Waals surface area (Å²) in [5.74, 6) is -1.39. The fourth-order valence-electron chi connectivity index (χ4n) is 3.47. The molecule has 1 heterocycles. The van der Waals surface area contributed by atoms with E-state index in [0.717, 1.165) is 10.5 Å². The molecule has 3 aromatic carbocycles. The maximum Gasteiger partial charge on any atom is 0.341 e. The molecule has 0 N–H and O–H groups in total. The first kappa shape index (κ1) is 19.4. The van der Waals surface area contributed by atoms with E-state index in [1.54, 1.807) is 43.3 Å². The van der Waals surface area contributed by atoms with Crippen molar-refractivity contribution < 1.29 is 23.9 Å². The summed E-state index contributed by atoms with van der Waals surface area (Å²) < 4.78 is 10.9. The van der Waals surface area contributed by atoms with Gasteiger partial charge in [-0.2, -0.15) is 0 Å². The van der Waals surface area contributed by atoms with Crippen molar-refractivity contribution in [3.8, 4) is 5.75 Å². The van der Waals surface area contributed by atoms with E-state index in [4.69, 9.17) is 9.47 Å². The van der Waals surface area contributed by atoms with Gasteiger partial charge < -0.3 is 9.47 Å². The third-order valence-electron chi connectivity index (χ3n) is 4.88. The molecule has 0 aromatic heterocycles. The van der Waals surface area contributed by atoms with Gasteiger partial charge in [-0.25, -0.2) is 9.69 Å². The van der Waals surface area contributed by atoms with Crippen LogP contribution in [-0.2, 0) is 11.3 Å². The molecule has 0 fully saturated rings. The van der Waals surface area contributed by atoms with Gasteiger partial charge in [0, 0.05) is 0 Å². The molecule has 0 saturated carbocycles. The molecule has 1 aliphatic heterocycles. The molecule has 0 spiro atoms. The number of benzene rings is 3. The number of carbonyl (C=O) groups excluding carboxylic acids is 3. The van der Waals surface area contributed by atoms with E-state index in [1.165, 1.54) is 7.11 Å². The van der Waals surface area contributed by atoms with Crippen LogP contribution in [0.15, 0.2) is 66.7 Å². The molecule has 0 saturated heterocycles. The third kappa shape index (κ3) is 3.33. The van der Waals surface area contributed by atoms with Gasteiger partial charge in [0.05, 0.1) is 23.9 Å². The number of hydrogen-bond acceptors (Lipinski definition) is 5. The van der Waals surface area contributed by atoms with Crippen LogP contribution in [0.4, 0.5) is 5.69 Å². The van der Waals surface area contributed by atoms with Crippen LogP contribution >= 0.6 is 0 Å². The zero-order valence-corrected chi connectivity index (χ0v) is 16.5. The van der Waals surface area contributed by atoms with Crippen molar-refractivity contribution in [2.75, 3.05) is 12.0 Å². The summed E-state index contributed by atoms with van der Waals surface area (Å²) in [5, 5.41) is 0. The quantitative estimate of drug-likeness (QED) is 0.474. The number of fused-ring (bicyclic) bond motifs is 1. The van der Waals surface area contributed by atoms with Crippen LogP contribution in [0.1, 0.15) is 42.2 Å². The number of hydrogen-bond donors (Lipinski definition) is 0. The Bertz CT molecular complexity index is 1120. The normalized spacial score (nSPS) is 12.7. The number of rotatable bonds is 5. The van der Waals surface area contributed by atoms with Gasteiger partial charge in [-0.15, -0.1) is 0 Å². The summed E-state index contributed by atoms with van der Waals surface area (Å²) in [5.41, 5.74) is 2.57. The highest BCUT2D eigenvalue weighted by Gasteiger charge is 2.39. The van der Waals surface area contributed by atoms with Crippen LogP contribution in [0.25, 0.3) is 0 Å². The van der Waals surface area contributed by atoms with Crippen molar-refractivity contribution in [1.29, 1.82) is 0 Å². The topological polar surface area (TPSA) is 72.9 Å². The van der Waals surface area contributed by atoms with Crippen molar-refractivity contribution in [3.05, 3.63) is 94.5 Å². The molecule has 0 radical (unpaired) electrons. The Kier molecular flexibility index (Phi) is 5.06. The average molecular weight is 401 g/mol. The van der Waals surface area contributed by atoms with Gasteiger partial charge in [0.2, 0.25) is 0 Å². The molecule has 1 aliphatic rings. The van der Waals surface area contributed by atoms with Crippen LogP contribution in [0, 0.1) is 6.92 Å². The van der Waals surface area contributed by atoms with Crippen LogP contribution < -0.4 is 9.64 Å². The highest BCUT2D eigenvalue weighted by atomic mass is 16.5. The van der Waals surface area contributed by atoms with Crippen molar-refractivity contribution in [1.82, 2.24) is 0 Å². The highest BCUT2D eigenvalue weighted by Crippen LogP contribution is 2.39. The SMILES string of the molecule is COC(=O)c1cc(C)cc(N2C(=O)c3ccccc3C2=O)c1OCc1ccccc1. The molecule has 0 atom stereocenters. The monoisotopic (exact) mass is 401 g/mol. The molecule has 0 unspecified atom stereocenters. The zero-order chi connectivity index (χ0) is 21.3. The second-order valence-corrected chi connectivity index (χ2v) is 6.92. The highest BCUT2D eigenvalue weighted by molar-refractivity contribution is 6.35. The van der Waals surface area contributed by atoms with E-state index < -0.39 is 17.8 Å². The van der Waals surface area contributed by atoms with E-state index in [9.17, 15) is 14.4 Å². The predicted octanol–water partition coefficient (Wildman–Crippen LogP) is 4.16.